The van der Waals surface area contributed by atoms with Gasteiger partial charge in [0.1, 0.15) is 48.0 Å². The fourth-order valence-corrected chi connectivity index (χ4v) is 8.87. The summed E-state index contributed by atoms with van der Waals surface area (Å²) < 4.78 is 73.6. The van der Waals surface area contributed by atoms with Gasteiger partial charge in [-0.1, -0.05) is 0 Å². The number of aromatic nitrogens is 6. The van der Waals surface area contributed by atoms with E-state index in [-0.39, 0.29) is 17.0 Å². The molecule has 254 valence electrons. The van der Waals surface area contributed by atoms with Crippen molar-refractivity contribution in [3.63, 3.8) is 0 Å². The van der Waals surface area contributed by atoms with Crippen LogP contribution in [-0.4, -0.2) is 105 Å². The Hall–Kier alpha value is -2.65. The molecule has 4 aliphatic rings. The van der Waals surface area contributed by atoms with Crippen LogP contribution in [0.15, 0.2) is 31.1 Å². The minimum Gasteiger partial charge on any atom is -0.382 e. The topological polar surface area (TPSA) is 211 Å². The molecular weight excluding hydrogens is 696 g/mol. The number of methoxy groups -OCH3 is 1. The molecule has 8 heterocycles. The second-order valence-electron chi connectivity index (χ2n) is 11.4. The SMILES string of the molecule is [B]P1(=O)OC[C@H]2O[C@@H](n3cc4c5c(ccnc53)NOCC4)[C@@H](OC)C2OP(O)(=S)OC[C@H]2O[C@@H](n3cnc4c(N)ncnc43)C(F)[C@H]2O1. The Bertz CT molecular complexity index is 1980. The monoisotopic (exact) mass is 724 g/mol. The molecule has 4 aliphatic heterocycles. The van der Waals surface area contributed by atoms with Gasteiger partial charge in [-0.25, -0.2) is 24.3 Å². The van der Waals surface area contributed by atoms with Crippen molar-refractivity contribution >= 4 is 67.3 Å². The Kier molecular flexibility index (Phi) is 8.34. The molecular formula is C25H28BFN8O10P2S. The number of nitrogens with one attached hydrogen (secondary N) is 1. The number of hydrogen-bond acceptors (Lipinski definition) is 16. The molecule has 3 saturated heterocycles. The van der Waals surface area contributed by atoms with Crippen LogP contribution in [0, 0.1) is 0 Å². The summed E-state index contributed by atoms with van der Waals surface area (Å²) in [6, 6.07) is 1.79. The van der Waals surface area contributed by atoms with E-state index in [0.29, 0.717) is 18.7 Å². The number of halogens is 1. The number of nitrogens with two attached hydrogens (primary N) is 1. The largest absolute Gasteiger partial charge is 0.382 e. The summed E-state index contributed by atoms with van der Waals surface area (Å²) in [5.74, 6) is 0.0766. The molecule has 3 fully saturated rings. The van der Waals surface area contributed by atoms with Crippen molar-refractivity contribution in [2.24, 2.45) is 0 Å². The molecule has 0 aromatic carbocycles. The molecule has 0 bridgehead atoms. The predicted molar refractivity (Wildman–Crippen MR) is 168 cm³/mol. The highest BCUT2D eigenvalue weighted by Gasteiger charge is 2.53. The van der Waals surface area contributed by atoms with Crippen LogP contribution in [-0.2, 0) is 59.9 Å². The van der Waals surface area contributed by atoms with Gasteiger partial charge in [0.15, 0.2) is 30.1 Å². The number of pyridine rings is 1. The van der Waals surface area contributed by atoms with Gasteiger partial charge in [0.2, 0.25) is 7.57 Å². The second-order valence-corrected chi connectivity index (χ2v) is 15.8. The van der Waals surface area contributed by atoms with E-state index in [9.17, 15) is 9.46 Å². The second kappa shape index (κ2) is 12.3. The Balaban J connectivity index is 1.09. The summed E-state index contributed by atoms with van der Waals surface area (Å²) in [5, 5.41) is 0.831. The first-order valence-corrected chi connectivity index (χ1v) is 18.9. The number of anilines is 2. The summed E-state index contributed by atoms with van der Waals surface area (Å²) in [6.45, 7) is -4.70. The number of fused-ring (bicyclic) bond motifs is 3. The molecule has 2 radical (unpaired) electrons. The smallest absolute Gasteiger partial charge is 0.325 e. The molecule has 0 spiro atoms. The average Bonchev–Trinajstić information content (AvgIpc) is 3.77. The number of nitrogen functional groups attached to an aromatic ring is 1. The van der Waals surface area contributed by atoms with Gasteiger partial charge in [0, 0.05) is 31.3 Å². The van der Waals surface area contributed by atoms with E-state index in [2.05, 4.69) is 25.4 Å². The maximum Gasteiger partial charge on any atom is 0.325 e. The van der Waals surface area contributed by atoms with Crippen LogP contribution in [0.5, 0.6) is 0 Å². The number of imidazole rings is 1. The van der Waals surface area contributed by atoms with Gasteiger partial charge < -0.3 is 43.0 Å². The molecule has 4 aromatic heterocycles. The van der Waals surface area contributed by atoms with Crippen molar-refractivity contribution in [1.29, 1.82) is 0 Å². The first-order valence-electron chi connectivity index (χ1n) is 14.7. The van der Waals surface area contributed by atoms with E-state index in [0.717, 1.165) is 16.6 Å². The number of hydrogen-bond donors (Lipinski definition) is 3. The average molecular weight is 724 g/mol. The maximum absolute atomic E-state index is 16.1. The van der Waals surface area contributed by atoms with Crippen LogP contribution in [0.2, 0.25) is 0 Å². The fourth-order valence-electron chi connectivity index (χ4n) is 6.42. The lowest BCUT2D eigenvalue weighted by Gasteiger charge is -2.30. The van der Waals surface area contributed by atoms with Crippen LogP contribution in [0.25, 0.3) is 22.2 Å². The maximum atomic E-state index is 16.1. The minimum atomic E-state index is -4.49. The van der Waals surface area contributed by atoms with Crippen LogP contribution in [0.3, 0.4) is 0 Å². The van der Waals surface area contributed by atoms with Crippen LogP contribution >= 0.6 is 14.2 Å². The lowest BCUT2D eigenvalue weighted by atomic mass is 10.1. The highest BCUT2D eigenvalue weighted by molar-refractivity contribution is 8.07. The molecule has 0 aliphatic carbocycles. The fraction of sp³-hybridized carbons (Fsp3) is 0.520. The van der Waals surface area contributed by atoms with Gasteiger partial charge in [-0.3, -0.25) is 24.0 Å². The molecule has 8 rings (SSSR count). The number of alkyl halides is 1. The third kappa shape index (κ3) is 5.65. The van der Waals surface area contributed by atoms with Crippen molar-refractivity contribution < 1.29 is 51.0 Å². The van der Waals surface area contributed by atoms with E-state index in [1.807, 2.05) is 6.20 Å². The van der Waals surface area contributed by atoms with Gasteiger partial charge in [-0.05, 0) is 23.4 Å². The summed E-state index contributed by atoms with van der Waals surface area (Å²) in [5.41, 5.74) is 11.4. The summed E-state index contributed by atoms with van der Waals surface area (Å²) in [4.78, 5) is 33.4. The molecule has 0 amide bonds. The summed E-state index contributed by atoms with van der Waals surface area (Å²) in [6.07, 6.45) is -3.72. The van der Waals surface area contributed by atoms with E-state index in [4.69, 9.17) is 62.2 Å². The van der Waals surface area contributed by atoms with Crippen molar-refractivity contribution in [1.82, 2.24) is 29.1 Å². The normalized spacial score (nSPS) is 37.3. The standard InChI is InChI=1S/C25H28BFN8O10P2S/c1-38-20-19-14(43-25(20)34-6-11-3-5-39-33-12-2-4-29-22(34)15(11)12)7-40-46(26,36)44-18-13(8-41-47(37,48)45-19)42-24(16(18)27)35-10-32-17-21(28)30-9-31-23(17)35/h2,4,6,9-10,13-14,16,18-20,24-25,33H,3,5,7-8H2,1H3,(H,37,48)(H2,28,30,31)/t13-,14-,16?,18+,19?,20+,24-,25-,46?,47?/m1/s1. The van der Waals surface area contributed by atoms with Crippen molar-refractivity contribution in [3.05, 3.63) is 36.7 Å². The van der Waals surface area contributed by atoms with Gasteiger partial charge >= 0.3 is 6.72 Å². The van der Waals surface area contributed by atoms with E-state index < -0.39 is 76.6 Å². The molecule has 4 unspecified atom stereocenters. The van der Waals surface area contributed by atoms with E-state index >= 15 is 4.39 Å². The van der Waals surface area contributed by atoms with Crippen molar-refractivity contribution in [2.45, 2.75) is 55.6 Å². The predicted octanol–water partition coefficient (Wildman–Crippen LogP) is 1.82. The zero-order valence-corrected chi connectivity index (χ0v) is 27.6. The van der Waals surface area contributed by atoms with Gasteiger partial charge in [-0.2, -0.15) is 0 Å². The number of rotatable bonds is 3. The first-order chi connectivity index (χ1) is 23.0. The highest BCUT2D eigenvalue weighted by atomic mass is 32.5. The van der Waals surface area contributed by atoms with Gasteiger partial charge in [0.25, 0.3) is 7.47 Å². The zero-order valence-electron chi connectivity index (χ0n) is 25.0. The lowest BCUT2D eigenvalue weighted by molar-refractivity contribution is -0.0591. The van der Waals surface area contributed by atoms with E-state index in [1.165, 1.54) is 24.3 Å². The zero-order chi connectivity index (χ0) is 33.4. The molecule has 4 aromatic rings. The Morgan fingerprint density at radius 3 is 2.73 bits per heavy atom. The molecule has 4 N–H and O–H groups in total. The molecule has 23 heteroatoms. The van der Waals surface area contributed by atoms with Crippen LogP contribution in [0.1, 0.15) is 18.0 Å². The number of nitrogens with zero attached hydrogens (tertiary/aromatic N) is 6. The lowest BCUT2D eigenvalue weighted by Crippen LogP contribution is -2.39. The summed E-state index contributed by atoms with van der Waals surface area (Å²) in [7, 11) is 2.94. The first kappa shape index (κ1) is 32.6. The molecule has 48 heavy (non-hydrogen) atoms. The van der Waals surface area contributed by atoms with Crippen molar-refractivity contribution in [3.8, 4) is 0 Å². The minimum absolute atomic E-state index is 0.0766. The van der Waals surface area contributed by atoms with Gasteiger partial charge in [0.05, 0.1) is 31.8 Å². The van der Waals surface area contributed by atoms with Crippen LogP contribution < -0.4 is 11.2 Å². The molecule has 0 saturated carbocycles. The third-order valence-electron chi connectivity index (χ3n) is 8.55. The van der Waals surface area contributed by atoms with E-state index in [1.54, 1.807) is 16.8 Å². The quantitative estimate of drug-likeness (QED) is 0.203. The van der Waals surface area contributed by atoms with Crippen molar-refractivity contribution in [2.75, 3.05) is 38.1 Å². The Morgan fingerprint density at radius 1 is 1.10 bits per heavy atom. The molecule has 10 atom stereocenters. The Morgan fingerprint density at radius 2 is 1.90 bits per heavy atom. The third-order valence-corrected chi connectivity index (χ3v) is 11.2. The van der Waals surface area contributed by atoms with Gasteiger partial charge in [-0.15, -0.1) is 0 Å². The number of ether oxygens (including phenoxy) is 3. The Labute approximate surface area is 277 Å². The molecule has 18 nitrogen and oxygen atoms in total. The highest BCUT2D eigenvalue weighted by Crippen LogP contribution is 2.54. The van der Waals surface area contributed by atoms with Crippen LogP contribution in [0.4, 0.5) is 15.9 Å². The summed E-state index contributed by atoms with van der Waals surface area (Å²) >= 11 is 5.38.